The zero-order valence-corrected chi connectivity index (χ0v) is 18.3. The van der Waals surface area contributed by atoms with Crippen molar-refractivity contribution in [3.63, 3.8) is 0 Å². The standard InChI is InChI=1S/2C9H13.C4H10.Zr/c2*1-2-3-6-9-7-4-5-8-9;1-3-4-2;/h2*4,7H,2-3,5-6H2,1H3;3-4H2,1-2H3;. The first-order chi connectivity index (χ1) is 11.3. The molecule has 0 spiro atoms. The summed E-state index contributed by atoms with van der Waals surface area (Å²) in [6, 6.07) is 0. The van der Waals surface area contributed by atoms with E-state index in [0.29, 0.717) is 0 Å². The summed E-state index contributed by atoms with van der Waals surface area (Å²) in [4.78, 5) is 0. The van der Waals surface area contributed by atoms with Crippen LogP contribution in [0.5, 0.6) is 0 Å². The molecule has 0 aromatic carbocycles. The monoisotopic (exact) mass is 390 g/mol. The van der Waals surface area contributed by atoms with Gasteiger partial charge in [0.05, 0.1) is 0 Å². The Labute approximate surface area is 156 Å². The second kappa shape index (κ2) is 13.2. The Morgan fingerprint density at radius 1 is 0.696 bits per heavy atom. The molecule has 23 heavy (non-hydrogen) atoms. The number of rotatable bonds is 9. The van der Waals surface area contributed by atoms with Gasteiger partial charge in [-0.15, -0.1) is 0 Å². The molecule has 2 aliphatic carbocycles. The number of hydrogen-bond donors (Lipinski definition) is 0. The van der Waals surface area contributed by atoms with E-state index in [2.05, 4.69) is 52.0 Å². The van der Waals surface area contributed by atoms with Gasteiger partial charge in [0, 0.05) is 0 Å². The van der Waals surface area contributed by atoms with Crippen LogP contribution in [-0.2, 0) is 23.2 Å². The van der Waals surface area contributed by atoms with Gasteiger partial charge in [-0.1, -0.05) is 26.7 Å². The van der Waals surface area contributed by atoms with Gasteiger partial charge in [-0.25, -0.2) is 0 Å². The van der Waals surface area contributed by atoms with Gasteiger partial charge >= 0.3 is 130 Å². The summed E-state index contributed by atoms with van der Waals surface area (Å²) in [5.41, 5.74) is 3.42. The van der Waals surface area contributed by atoms with Crippen molar-refractivity contribution in [2.45, 2.75) is 91.9 Å². The molecule has 0 aliphatic heterocycles. The molecular weight excluding hydrogens is 355 g/mol. The molecule has 0 saturated carbocycles. The van der Waals surface area contributed by atoms with E-state index in [-0.39, 0.29) is 0 Å². The van der Waals surface area contributed by atoms with E-state index in [1.165, 1.54) is 64.2 Å². The van der Waals surface area contributed by atoms with Crippen molar-refractivity contribution in [2.75, 3.05) is 0 Å². The van der Waals surface area contributed by atoms with Gasteiger partial charge in [-0.2, -0.15) is 0 Å². The van der Waals surface area contributed by atoms with E-state index in [0.717, 1.165) is 0 Å². The molecule has 0 radical (unpaired) electrons. The average Bonchev–Trinajstić information content (AvgIpc) is 3.21. The first-order valence-electron chi connectivity index (χ1n) is 9.80. The summed E-state index contributed by atoms with van der Waals surface area (Å²) < 4.78 is 3.73. The van der Waals surface area contributed by atoms with Crippen LogP contribution < -0.4 is 0 Å². The van der Waals surface area contributed by atoms with Crippen LogP contribution in [0.25, 0.3) is 0 Å². The number of hydrogen-bond acceptors (Lipinski definition) is 0. The van der Waals surface area contributed by atoms with Crippen molar-refractivity contribution in [3.05, 3.63) is 42.0 Å². The molecule has 0 aromatic heterocycles. The van der Waals surface area contributed by atoms with Crippen molar-refractivity contribution in [1.29, 1.82) is 0 Å². The molecule has 0 fully saturated rings. The zero-order valence-electron chi connectivity index (χ0n) is 15.9. The summed E-state index contributed by atoms with van der Waals surface area (Å²) in [7, 11) is 0. The quantitative estimate of drug-likeness (QED) is 0.378. The topological polar surface area (TPSA) is 0 Å². The van der Waals surface area contributed by atoms with Crippen LogP contribution in [-0.4, -0.2) is 0 Å². The summed E-state index contributed by atoms with van der Waals surface area (Å²) in [5, 5.41) is 0. The molecular formula is C22H36Zr. The van der Waals surface area contributed by atoms with Gasteiger partial charge in [0.25, 0.3) is 0 Å². The number of unbranched alkanes of at least 4 members (excludes halogenated alkanes) is 3. The molecule has 0 atom stereocenters. The van der Waals surface area contributed by atoms with Gasteiger partial charge in [-0.05, 0) is 0 Å². The molecule has 1 heteroatoms. The first kappa shape index (κ1) is 20.9. The molecule has 0 nitrogen and oxygen atoms in total. The predicted octanol–water partition coefficient (Wildman–Crippen LogP) is 7.68. The van der Waals surface area contributed by atoms with Crippen LogP contribution in [0.15, 0.2) is 42.0 Å². The Kier molecular flexibility index (Phi) is 12.0. The van der Waals surface area contributed by atoms with E-state index in [4.69, 9.17) is 0 Å². The Balaban J connectivity index is 0.000000593. The minimum absolute atomic E-state index is 0.463. The fourth-order valence-electron chi connectivity index (χ4n) is 2.75. The SMILES string of the molecule is CCCC.CCCCC1=[C]([Zr][C]2=C(CCCC)C=CC2)CC=C1. The summed E-state index contributed by atoms with van der Waals surface area (Å²) in [6.07, 6.45) is 22.8. The van der Waals surface area contributed by atoms with Crippen LogP contribution in [0.3, 0.4) is 0 Å². The molecule has 0 N–H and O–H groups in total. The normalized spacial score (nSPS) is 16.2. The third-order valence-corrected chi connectivity index (χ3v) is 8.52. The maximum absolute atomic E-state index is 2.42. The van der Waals surface area contributed by atoms with Crippen LogP contribution >= 0.6 is 0 Å². The fraction of sp³-hybridized carbons (Fsp3) is 0.636. The molecule has 2 aliphatic rings. The van der Waals surface area contributed by atoms with E-state index in [1.807, 2.05) is 6.56 Å². The van der Waals surface area contributed by atoms with Gasteiger partial charge in [0.1, 0.15) is 0 Å². The Bertz CT molecular complexity index is 407. The minimum atomic E-state index is -0.463. The molecule has 0 aromatic rings. The average molecular weight is 392 g/mol. The Morgan fingerprint density at radius 3 is 1.48 bits per heavy atom. The second-order valence-electron chi connectivity index (χ2n) is 6.55. The third-order valence-electron chi connectivity index (χ3n) is 4.46. The Morgan fingerprint density at radius 2 is 1.13 bits per heavy atom. The van der Waals surface area contributed by atoms with Gasteiger partial charge in [0.15, 0.2) is 0 Å². The van der Waals surface area contributed by atoms with Crippen LogP contribution in [0, 0.1) is 0 Å². The fourth-order valence-corrected chi connectivity index (χ4v) is 6.54. The Hall–Kier alpha value is -0.157. The molecule has 0 unspecified atom stereocenters. The van der Waals surface area contributed by atoms with Crippen LogP contribution in [0.4, 0.5) is 0 Å². The van der Waals surface area contributed by atoms with Crippen LogP contribution in [0.1, 0.15) is 91.9 Å². The third kappa shape index (κ3) is 7.97. The van der Waals surface area contributed by atoms with E-state index < -0.39 is 23.2 Å². The van der Waals surface area contributed by atoms with E-state index >= 15 is 0 Å². The van der Waals surface area contributed by atoms with Gasteiger partial charge in [-0.3, -0.25) is 0 Å². The first-order valence-corrected chi connectivity index (χ1v) is 12.3. The van der Waals surface area contributed by atoms with Crippen molar-refractivity contribution in [3.8, 4) is 0 Å². The molecule has 0 amide bonds. The molecule has 0 heterocycles. The molecule has 128 valence electrons. The van der Waals surface area contributed by atoms with Crippen molar-refractivity contribution >= 4 is 0 Å². The summed E-state index contributed by atoms with van der Waals surface area (Å²) in [5.74, 6) is 0. The van der Waals surface area contributed by atoms with Crippen molar-refractivity contribution in [2.24, 2.45) is 0 Å². The maximum atomic E-state index is 2.42. The zero-order chi connectivity index (χ0) is 16.9. The summed E-state index contributed by atoms with van der Waals surface area (Å²) >= 11 is -0.463. The summed E-state index contributed by atoms with van der Waals surface area (Å²) in [6.45, 7) is 8.95. The number of allylic oxidation sites excluding steroid dienone is 8. The van der Waals surface area contributed by atoms with Crippen LogP contribution in [0.2, 0.25) is 0 Å². The molecule has 2 rings (SSSR count). The molecule has 0 saturated heterocycles. The van der Waals surface area contributed by atoms with Gasteiger partial charge < -0.3 is 0 Å². The van der Waals surface area contributed by atoms with E-state index in [9.17, 15) is 0 Å². The van der Waals surface area contributed by atoms with Crippen molar-refractivity contribution in [1.82, 2.24) is 0 Å². The van der Waals surface area contributed by atoms with Crippen molar-refractivity contribution < 1.29 is 23.2 Å². The molecule has 0 bridgehead atoms. The van der Waals surface area contributed by atoms with E-state index in [1.54, 1.807) is 11.1 Å². The predicted molar refractivity (Wildman–Crippen MR) is 101 cm³/mol. The van der Waals surface area contributed by atoms with Gasteiger partial charge in [0.2, 0.25) is 0 Å². The second-order valence-corrected chi connectivity index (χ2v) is 10.1.